The SMILES string of the molecule is Cc1ncc(S(=O)(=O)NC(=O)NCC=C2CCCc3cnn(Cc4ccc(Cl)cc4Cl)c32)s1. The largest absolute Gasteiger partial charge is 0.334 e. The zero-order valence-electron chi connectivity index (χ0n) is 17.6. The van der Waals surface area contributed by atoms with Crippen LogP contribution in [0.25, 0.3) is 5.57 Å². The maximum atomic E-state index is 12.3. The molecule has 0 unspecified atom stereocenters. The summed E-state index contributed by atoms with van der Waals surface area (Å²) in [5.74, 6) is 0. The molecule has 174 valence electrons. The number of aryl methyl sites for hydroxylation is 2. The summed E-state index contributed by atoms with van der Waals surface area (Å²) in [6.45, 7) is 2.35. The fourth-order valence-electron chi connectivity index (χ4n) is 3.64. The number of nitrogens with one attached hydrogen (secondary N) is 2. The predicted octanol–water partition coefficient (Wildman–Crippen LogP) is 4.41. The number of urea groups is 1. The molecule has 0 saturated heterocycles. The van der Waals surface area contributed by atoms with E-state index in [4.69, 9.17) is 23.2 Å². The first-order chi connectivity index (χ1) is 15.7. The van der Waals surface area contributed by atoms with E-state index in [0.717, 1.165) is 53.0 Å². The first kappa shape index (κ1) is 23.7. The van der Waals surface area contributed by atoms with Crippen molar-refractivity contribution in [3.8, 4) is 0 Å². The number of fused-ring (bicyclic) bond motifs is 1. The highest BCUT2D eigenvalue weighted by Crippen LogP contribution is 2.31. The number of hydrogen-bond acceptors (Lipinski definition) is 6. The van der Waals surface area contributed by atoms with E-state index in [9.17, 15) is 13.2 Å². The Kier molecular flexibility index (Phi) is 7.08. The minimum Gasteiger partial charge on any atom is -0.334 e. The summed E-state index contributed by atoms with van der Waals surface area (Å²) < 4.78 is 28.4. The molecule has 2 heterocycles. The Morgan fingerprint density at radius 2 is 2.09 bits per heavy atom. The number of carbonyl (C=O) groups is 1. The topological polar surface area (TPSA) is 106 Å². The first-order valence-corrected chi connectivity index (χ1v) is 13.2. The van der Waals surface area contributed by atoms with Crippen LogP contribution in [0.2, 0.25) is 10.0 Å². The molecule has 4 rings (SSSR count). The van der Waals surface area contributed by atoms with Gasteiger partial charge in [0, 0.05) is 16.6 Å². The molecule has 1 aliphatic carbocycles. The minimum atomic E-state index is -3.94. The van der Waals surface area contributed by atoms with Gasteiger partial charge in [0.25, 0.3) is 10.0 Å². The van der Waals surface area contributed by atoms with E-state index < -0.39 is 16.1 Å². The van der Waals surface area contributed by atoms with Crippen molar-refractivity contribution in [1.82, 2.24) is 24.8 Å². The van der Waals surface area contributed by atoms with Gasteiger partial charge < -0.3 is 5.32 Å². The molecule has 1 aromatic carbocycles. The van der Waals surface area contributed by atoms with Crippen LogP contribution in [0.5, 0.6) is 0 Å². The molecule has 0 aliphatic heterocycles. The highest BCUT2D eigenvalue weighted by molar-refractivity contribution is 7.92. The van der Waals surface area contributed by atoms with E-state index in [-0.39, 0.29) is 10.8 Å². The summed E-state index contributed by atoms with van der Waals surface area (Å²) in [5, 5.41) is 8.87. The molecule has 0 bridgehead atoms. The summed E-state index contributed by atoms with van der Waals surface area (Å²) >= 11 is 13.3. The Hall–Kier alpha value is -2.40. The molecule has 1 aliphatic rings. The number of amides is 2. The molecule has 3 aromatic rings. The van der Waals surface area contributed by atoms with Gasteiger partial charge >= 0.3 is 6.03 Å². The van der Waals surface area contributed by atoms with Crippen molar-refractivity contribution in [1.29, 1.82) is 0 Å². The monoisotopic (exact) mass is 525 g/mol. The maximum Gasteiger partial charge on any atom is 0.328 e. The lowest BCUT2D eigenvalue weighted by Gasteiger charge is -2.18. The number of thiazole rings is 1. The van der Waals surface area contributed by atoms with Gasteiger partial charge in [-0.1, -0.05) is 35.3 Å². The van der Waals surface area contributed by atoms with E-state index >= 15 is 0 Å². The van der Waals surface area contributed by atoms with Crippen molar-refractivity contribution in [2.45, 2.75) is 36.9 Å². The van der Waals surface area contributed by atoms with E-state index in [1.807, 2.05) is 27.7 Å². The molecule has 2 N–H and O–H groups in total. The molecule has 0 spiro atoms. The smallest absolute Gasteiger partial charge is 0.328 e. The normalized spacial score (nSPS) is 14.8. The maximum absolute atomic E-state index is 12.3. The molecule has 8 nitrogen and oxygen atoms in total. The van der Waals surface area contributed by atoms with Crippen LogP contribution in [0.1, 0.15) is 34.7 Å². The van der Waals surface area contributed by atoms with Gasteiger partial charge in [0.05, 0.1) is 29.6 Å². The van der Waals surface area contributed by atoms with Crippen molar-refractivity contribution >= 4 is 56.2 Å². The third-order valence-electron chi connectivity index (χ3n) is 5.15. The van der Waals surface area contributed by atoms with Crippen molar-refractivity contribution in [3.05, 3.63) is 68.5 Å². The number of nitrogens with zero attached hydrogens (tertiary/aromatic N) is 3. The summed E-state index contributed by atoms with van der Waals surface area (Å²) in [4.78, 5) is 16.1. The number of allylic oxidation sites excluding steroid dienone is 1. The summed E-state index contributed by atoms with van der Waals surface area (Å²) in [7, 11) is -3.94. The van der Waals surface area contributed by atoms with E-state index in [1.54, 1.807) is 19.1 Å². The Labute approximate surface area is 205 Å². The number of rotatable bonds is 6. The Morgan fingerprint density at radius 1 is 1.27 bits per heavy atom. The lowest BCUT2D eigenvalue weighted by atomic mass is 9.92. The van der Waals surface area contributed by atoms with E-state index in [2.05, 4.69) is 15.4 Å². The summed E-state index contributed by atoms with van der Waals surface area (Å²) in [6.07, 6.45) is 7.70. The van der Waals surface area contributed by atoms with Crippen LogP contribution in [-0.4, -0.2) is 35.8 Å². The van der Waals surface area contributed by atoms with Gasteiger partial charge in [0.15, 0.2) is 4.21 Å². The summed E-state index contributed by atoms with van der Waals surface area (Å²) in [6, 6.07) is 4.58. The molecule has 33 heavy (non-hydrogen) atoms. The minimum absolute atomic E-state index is 0.00445. The van der Waals surface area contributed by atoms with Crippen molar-refractivity contribution < 1.29 is 13.2 Å². The zero-order valence-corrected chi connectivity index (χ0v) is 20.8. The molecule has 12 heteroatoms. The van der Waals surface area contributed by atoms with Crippen LogP contribution in [-0.2, 0) is 23.0 Å². The lowest BCUT2D eigenvalue weighted by molar-refractivity contribution is 0.247. The molecular formula is C21H21Cl2N5O3S2. The molecule has 0 saturated carbocycles. The van der Waals surface area contributed by atoms with Crippen LogP contribution >= 0.6 is 34.5 Å². The van der Waals surface area contributed by atoms with Gasteiger partial charge in [-0.15, -0.1) is 11.3 Å². The fourth-order valence-corrected chi connectivity index (χ4v) is 6.14. The molecule has 2 aromatic heterocycles. The molecular weight excluding hydrogens is 505 g/mol. The first-order valence-electron chi connectivity index (χ1n) is 10.1. The number of hydrogen-bond donors (Lipinski definition) is 2. The third-order valence-corrected chi connectivity index (χ3v) is 8.44. The number of halogens is 2. The predicted molar refractivity (Wildman–Crippen MR) is 129 cm³/mol. The van der Waals surface area contributed by atoms with Crippen molar-refractivity contribution in [2.24, 2.45) is 0 Å². The van der Waals surface area contributed by atoms with Gasteiger partial charge in [-0.05, 0) is 55.0 Å². The highest BCUT2D eigenvalue weighted by Gasteiger charge is 2.22. The second-order valence-corrected chi connectivity index (χ2v) is 11.5. The standard InChI is InChI=1S/C21H21Cl2N5O3S2/c1-13-25-11-19(32-13)33(30,31)27-21(29)24-8-7-14-3-2-4-15-10-26-28(20(14)15)12-16-5-6-17(22)9-18(16)23/h5-7,9-11H,2-4,8,12H2,1H3,(H2,24,27,29). The Bertz CT molecular complexity index is 1330. The van der Waals surface area contributed by atoms with Crippen molar-refractivity contribution in [3.63, 3.8) is 0 Å². The summed E-state index contributed by atoms with van der Waals surface area (Å²) in [5.41, 5.74) is 4.07. The highest BCUT2D eigenvalue weighted by atomic mass is 35.5. The second kappa shape index (κ2) is 9.84. The number of aromatic nitrogens is 3. The van der Waals surface area contributed by atoms with E-state index in [0.29, 0.717) is 21.6 Å². The van der Waals surface area contributed by atoms with Crippen LogP contribution in [0, 0.1) is 6.92 Å². The van der Waals surface area contributed by atoms with Crippen LogP contribution in [0.4, 0.5) is 4.79 Å². The Balaban J connectivity index is 1.45. The van der Waals surface area contributed by atoms with Gasteiger partial charge in [-0.2, -0.15) is 5.10 Å². The van der Waals surface area contributed by atoms with E-state index in [1.165, 1.54) is 6.20 Å². The van der Waals surface area contributed by atoms with Gasteiger partial charge in [0.2, 0.25) is 0 Å². The third kappa shape index (κ3) is 5.57. The fraction of sp³-hybridized carbons (Fsp3) is 0.286. The van der Waals surface area contributed by atoms with Gasteiger partial charge in [0.1, 0.15) is 0 Å². The Morgan fingerprint density at radius 3 is 2.82 bits per heavy atom. The molecule has 0 fully saturated rings. The quantitative estimate of drug-likeness (QED) is 0.495. The lowest BCUT2D eigenvalue weighted by Crippen LogP contribution is -2.39. The number of benzene rings is 1. The number of sulfonamides is 1. The average molecular weight is 526 g/mol. The second-order valence-electron chi connectivity index (χ2n) is 7.51. The molecule has 0 atom stereocenters. The molecule has 2 amide bonds. The number of carbonyl (C=O) groups excluding carboxylic acids is 1. The van der Waals surface area contributed by atoms with Crippen LogP contribution in [0.3, 0.4) is 0 Å². The average Bonchev–Trinajstić information content (AvgIpc) is 3.37. The van der Waals surface area contributed by atoms with Gasteiger partial charge in [-0.25, -0.2) is 22.9 Å². The van der Waals surface area contributed by atoms with Crippen LogP contribution in [0.15, 0.2) is 40.9 Å². The van der Waals surface area contributed by atoms with Crippen molar-refractivity contribution in [2.75, 3.05) is 6.54 Å². The zero-order chi connectivity index (χ0) is 23.6. The molecule has 0 radical (unpaired) electrons. The van der Waals surface area contributed by atoms with Crippen LogP contribution < -0.4 is 10.0 Å². The van der Waals surface area contributed by atoms with Gasteiger partial charge in [-0.3, -0.25) is 4.68 Å².